The molecule has 1 rings (SSSR count). The second-order valence-corrected chi connectivity index (χ2v) is 5.29. The Morgan fingerprint density at radius 1 is 1.28 bits per heavy atom. The van der Waals surface area contributed by atoms with E-state index in [1.54, 1.807) is 27.9 Å². The quantitative estimate of drug-likeness (QED) is 0.705. The number of nitrogens with zero attached hydrogens (tertiary/aromatic N) is 2. The highest BCUT2D eigenvalue weighted by Crippen LogP contribution is 2.16. The lowest BCUT2D eigenvalue weighted by atomic mass is 9.92. The lowest BCUT2D eigenvalue weighted by Crippen LogP contribution is -2.43. The predicted molar refractivity (Wildman–Crippen MR) is 69.6 cm³/mol. The molecule has 18 heavy (non-hydrogen) atoms. The first-order chi connectivity index (χ1) is 8.40. The number of carbonyl (C=O) groups is 2. The molecule has 0 saturated carbocycles. The predicted octanol–water partition coefficient (Wildman–Crippen LogP) is 0.0818. The van der Waals surface area contributed by atoms with Crippen LogP contribution in [0.3, 0.4) is 0 Å². The van der Waals surface area contributed by atoms with Gasteiger partial charge >= 0.3 is 0 Å². The summed E-state index contributed by atoms with van der Waals surface area (Å²) in [5.74, 6) is -0.457. The van der Waals surface area contributed by atoms with E-state index in [9.17, 15) is 9.59 Å². The van der Waals surface area contributed by atoms with E-state index < -0.39 is 5.41 Å². The van der Waals surface area contributed by atoms with Crippen molar-refractivity contribution in [1.29, 1.82) is 0 Å². The van der Waals surface area contributed by atoms with Crippen molar-refractivity contribution in [2.75, 3.05) is 26.0 Å². The van der Waals surface area contributed by atoms with Crippen LogP contribution in [0.5, 0.6) is 0 Å². The van der Waals surface area contributed by atoms with Gasteiger partial charge < -0.3 is 16.0 Å². The van der Waals surface area contributed by atoms with Crippen LogP contribution in [0, 0.1) is 5.41 Å². The molecule has 0 aliphatic carbocycles. The first-order valence-corrected chi connectivity index (χ1v) is 6.24. The third-order valence-electron chi connectivity index (χ3n) is 2.37. The molecule has 0 saturated heterocycles. The van der Waals surface area contributed by atoms with Gasteiger partial charge in [0.2, 0.25) is 16.0 Å². The average Bonchev–Trinajstić information content (AvgIpc) is 2.83. The molecule has 0 aliphatic heterocycles. The van der Waals surface area contributed by atoms with E-state index in [1.807, 2.05) is 0 Å². The summed E-state index contributed by atoms with van der Waals surface area (Å²) in [7, 11) is 3.27. The molecule has 0 aromatic carbocycles. The van der Waals surface area contributed by atoms with Crippen molar-refractivity contribution in [2.24, 2.45) is 5.41 Å². The normalized spacial score (nSPS) is 10.9. The van der Waals surface area contributed by atoms with Crippen LogP contribution in [-0.4, -0.2) is 42.7 Å². The maximum atomic E-state index is 11.8. The van der Waals surface area contributed by atoms with Crippen LogP contribution in [0.2, 0.25) is 0 Å². The number of anilines is 1. The van der Waals surface area contributed by atoms with E-state index in [0.717, 1.165) is 11.3 Å². The van der Waals surface area contributed by atoms with Crippen LogP contribution in [0.4, 0.5) is 5.13 Å². The minimum atomic E-state index is -0.666. The number of nitrogens with one attached hydrogen (secondary N) is 3. The summed E-state index contributed by atoms with van der Waals surface area (Å²) in [6.45, 7) is 3.75. The summed E-state index contributed by atoms with van der Waals surface area (Å²) in [6.07, 6.45) is 0. The van der Waals surface area contributed by atoms with Crippen LogP contribution in [-0.2, 0) is 4.79 Å². The fourth-order valence-corrected chi connectivity index (χ4v) is 1.82. The zero-order valence-corrected chi connectivity index (χ0v) is 11.6. The summed E-state index contributed by atoms with van der Waals surface area (Å²) in [6, 6.07) is 0. The number of hydrogen-bond acceptors (Lipinski definition) is 6. The third kappa shape index (κ3) is 3.39. The largest absolute Gasteiger partial charge is 0.363 e. The first kappa shape index (κ1) is 14.4. The van der Waals surface area contributed by atoms with Crippen molar-refractivity contribution in [1.82, 2.24) is 20.8 Å². The SMILES string of the molecule is CNC(=O)C(C)(C)CNC(=O)c1nnc(NC)s1. The zero-order chi connectivity index (χ0) is 13.8. The molecule has 0 unspecified atom stereocenters. The molecule has 0 aliphatic rings. The molecule has 3 N–H and O–H groups in total. The van der Waals surface area contributed by atoms with Gasteiger partial charge in [0.25, 0.3) is 5.91 Å². The molecule has 100 valence electrons. The standard InChI is InChI=1S/C10H17N5O2S/c1-10(2,8(17)11-3)5-13-6(16)7-14-15-9(12-4)18-7/h5H2,1-4H3,(H,11,17)(H,12,15)(H,13,16). The Bertz CT molecular complexity index is 443. The monoisotopic (exact) mass is 271 g/mol. The molecule has 0 radical (unpaired) electrons. The Kier molecular flexibility index (Phi) is 4.60. The molecule has 2 amide bonds. The minimum Gasteiger partial charge on any atom is -0.363 e. The molecular formula is C10H17N5O2S. The summed E-state index contributed by atoms with van der Waals surface area (Å²) >= 11 is 1.16. The molecule has 0 spiro atoms. The molecule has 1 aromatic rings. The lowest BCUT2D eigenvalue weighted by molar-refractivity contribution is -0.128. The van der Waals surface area contributed by atoms with Gasteiger partial charge in [0, 0.05) is 20.6 Å². The van der Waals surface area contributed by atoms with Gasteiger partial charge in [0.05, 0.1) is 5.41 Å². The van der Waals surface area contributed by atoms with Gasteiger partial charge in [0.1, 0.15) is 0 Å². The fourth-order valence-electron chi connectivity index (χ4n) is 1.21. The molecule has 0 atom stereocenters. The smallest absolute Gasteiger partial charge is 0.282 e. The summed E-state index contributed by atoms with van der Waals surface area (Å²) < 4.78 is 0. The lowest BCUT2D eigenvalue weighted by Gasteiger charge is -2.22. The van der Waals surface area contributed by atoms with Gasteiger partial charge in [-0.1, -0.05) is 11.3 Å². The molecule has 7 nitrogen and oxygen atoms in total. The number of amides is 2. The Hall–Kier alpha value is -1.70. The van der Waals surface area contributed by atoms with Crippen molar-refractivity contribution >= 4 is 28.3 Å². The van der Waals surface area contributed by atoms with Gasteiger partial charge in [0.15, 0.2) is 0 Å². The topological polar surface area (TPSA) is 96.0 Å². The maximum absolute atomic E-state index is 11.8. The fraction of sp³-hybridized carbons (Fsp3) is 0.600. The minimum absolute atomic E-state index is 0.129. The van der Waals surface area contributed by atoms with Crippen molar-refractivity contribution < 1.29 is 9.59 Å². The zero-order valence-electron chi connectivity index (χ0n) is 10.8. The number of hydrogen-bond donors (Lipinski definition) is 3. The Balaban J connectivity index is 2.58. The van der Waals surface area contributed by atoms with Gasteiger partial charge in [-0.3, -0.25) is 9.59 Å². The van der Waals surface area contributed by atoms with Crippen LogP contribution in [0.15, 0.2) is 0 Å². The average molecular weight is 271 g/mol. The van der Waals surface area contributed by atoms with Crippen LogP contribution in [0.25, 0.3) is 0 Å². The Morgan fingerprint density at radius 3 is 2.44 bits per heavy atom. The van der Waals surface area contributed by atoms with E-state index in [4.69, 9.17) is 0 Å². The molecule has 8 heteroatoms. The Labute approximate surface area is 109 Å². The van der Waals surface area contributed by atoms with E-state index >= 15 is 0 Å². The second-order valence-electron chi connectivity index (χ2n) is 4.31. The highest BCUT2D eigenvalue weighted by atomic mass is 32.1. The van der Waals surface area contributed by atoms with Gasteiger partial charge in [-0.25, -0.2) is 0 Å². The summed E-state index contributed by atoms with van der Waals surface area (Å²) in [5, 5.41) is 16.4. The molecule has 1 heterocycles. The van der Waals surface area contributed by atoms with E-state index in [0.29, 0.717) is 5.13 Å². The van der Waals surface area contributed by atoms with Gasteiger partial charge in [-0.05, 0) is 13.8 Å². The highest BCUT2D eigenvalue weighted by Gasteiger charge is 2.27. The third-order valence-corrected chi connectivity index (χ3v) is 3.31. The molecule has 0 fully saturated rings. The second kappa shape index (κ2) is 5.76. The van der Waals surface area contributed by atoms with Crippen LogP contribution in [0.1, 0.15) is 23.6 Å². The maximum Gasteiger partial charge on any atom is 0.282 e. The van der Waals surface area contributed by atoms with Crippen LogP contribution >= 0.6 is 11.3 Å². The van der Waals surface area contributed by atoms with E-state index in [2.05, 4.69) is 26.1 Å². The first-order valence-electron chi connectivity index (χ1n) is 5.42. The Morgan fingerprint density at radius 2 is 1.94 bits per heavy atom. The van der Waals surface area contributed by atoms with Crippen molar-refractivity contribution in [3.05, 3.63) is 5.01 Å². The van der Waals surface area contributed by atoms with Crippen LogP contribution < -0.4 is 16.0 Å². The number of rotatable bonds is 5. The van der Waals surface area contributed by atoms with Crippen molar-refractivity contribution in [2.45, 2.75) is 13.8 Å². The van der Waals surface area contributed by atoms with Crippen molar-refractivity contribution in [3.63, 3.8) is 0 Å². The van der Waals surface area contributed by atoms with E-state index in [1.165, 1.54) is 0 Å². The van der Waals surface area contributed by atoms with Crippen molar-refractivity contribution in [3.8, 4) is 0 Å². The number of carbonyl (C=O) groups excluding carboxylic acids is 2. The molecule has 1 aromatic heterocycles. The van der Waals surface area contributed by atoms with Gasteiger partial charge in [-0.15, -0.1) is 10.2 Å². The highest BCUT2D eigenvalue weighted by molar-refractivity contribution is 7.17. The summed E-state index contributed by atoms with van der Waals surface area (Å²) in [4.78, 5) is 23.3. The van der Waals surface area contributed by atoms with Gasteiger partial charge in [-0.2, -0.15) is 0 Å². The molecule has 0 bridgehead atoms. The molecular weight excluding hydrogens is 254 g/mol. The van der Waals surface area contributed by atoms with E-state index in [-0.39, 0.29) is 23.4 Å². The summed E-state index contributed by atoms with van der Waals surface area (Å²) in [5.41, 5.74) is -0.666. The number of aromatic nitrogens is 2.